The molecular formula is C11H17N3O2. The lowest BCUT2D eigenvalue weighted by atomic mass is 10.2. The molecule has 0 saturated carbocycles. The van der Waals surface area contributed by atoms with Crippen LogP contribution in [0.4, 0.5) is 0 Å². The first-order valence-corrected chi connectivity index (χ1v) is 6.05. The summed E-state index contributed by atoms with van der Waals surface area (Å²) in [6, 6.07) is 0.274. The van der Waals surface area contributed by atoms with Gasteiger partial charge in [0.05, 0.1) is 12.1 Å². The normalized spacial score (nSPS) is 34.7. The van der Waals surface area contributed by atoms with Crippen LogP contribution >= 0.6 is 0 Å². The first-order chi connectivity index (χ1) is 7.83. The van der Waals surface area contributed by atoms with Crippen LogP contribution in [0, 0.1) is 0 Å². The zero-order valence-electron chi connectivity index (χ0n) is 9.48. The molecule has 2 aliphatic heterocycles. The molecule has 3 unspecified atom stereocenters. The predicted molar refractivity (Wildman–Crippen MR) is 56.8 cm³/mol. The zero-order chi connectivity index (χ0) is 11.0. The van der Waals surface area contributed by atoms with Gasteiger partial charge in [-0.3, -0.25) is 0 Å². The van der Waals surface area contributed by atoms with Crippen molar-refractivity contribution in [3.63, 3.8) is 0 Å². The Morgan fingerprint density at radius 3 is 2.94 bits per heavy atom. The number of aromatic nitrogens is 2. The first kappa shape index (κ1) is 10.2. The number of hydrogen-bond acceptors (Lipinski definition) is 5. The molecular weight excluding hydrogens is 206 g/mol. The number of rotatable bonds is 2. The molecule has 16 heavy (non-hydrogen) atoms. The van der Waals surface area contributed by atoms with Gasteiger partial charge in [-0.25, -0.2) is 0 Å². The maximum atomic E-state index is 5.71. The summed E-state index contributed by atoms with van der Waals surface area (Å²) in [6.07, 6.45) is 4.67. The van der Waals surface area contributed by atoms with Crippen molar-refractivity contribution < 1.29 is 9.26 Å². The molecule has 3 heterocycles. The first-order valence-electron chi connectivity index (χ1n) is 6.05. The highest BCUT2D eigenvalue weighted by Crippen LogP contribution is 2.32. The fourth-order valence-corrected chi connectivity index (χ4v) is 2.41. The Balaban J connectivity index is 1.72. The van der Waals surface area contributed by atoms with Gasteiger partial charge in [0.1, 0.15) is 6.10 Å². The van der Waals surface area contributed by atoms with Gasteiger partial charge in [-0.05, 0) is 39.2 Å². The summed E-state index contributed by atoms with van der Waals surface area (Å²) in [6.45, 7) is 3.13. The van der Waals surface area contributed by atoms with E-state index in [4.69, 9.17) is 9.26 Å². The van der Waals surface area contributed by atoms with Crippen LogP contribution in [0.2, 0.25) is 0 Å². The molecule has 3 atom stereocenters. The molecule has 0 spiro atoms. The maximum absolute atomic E-state index is 5.71. The van der Waals surface area contributed by atoms with E-state index < -0.39 is 0 Å². The second-order valence-electron chi connectivity index (χ2n) is 4.65. The second-order valence-corrected chi connectivity index (χ2v) is 4.65. The van der Waals surface area contributed by atoms with Gasteiger partial charge in [-0.1, -0.05) is 5.16 Å². The van der Waals surface area contributed by atoms with Crippen molar-refractivity contribution in [3.05, 3.63) is 11.7 Å². The van der Waals surface area contributed by atoms with Crippen LogP contribution in [-0.2, 0) is 4.74 Å². The SMILES string of the molecule is CC1CCC(c2nc(C3CCCN3)no2)O1. The summed E-state index contributed by atoms with van der Waals surface area (Å²) in [5.74, 6) is 1.43. The highest BCUT2D eigenvalue weighted by Gasteiger charge is 2.30. The third-order valence-electron chi connectivity index (χ3n) is 3.34. The van der Waals surface area contributed by atoms with Crippen LogP contribution < -0.4 is 5.32 Å². The van der Waals surface area contributed by atoms with Gasteiger partial charge in [0.15, 0.2) is 5.82 Å². The zero-order valence-corrected chi connectivity index (χ0v) is 9.48. The Bertz CT molecular complexity index is 360. The minimum absolute atomic E-state index is 0.0117. The number of hydrogen-bond donors (Lipinski definition) is 1. The molecule has 0 aliphatic carbocycles. The monoisotopic (exact) mass is 223 g/mol. The summed E-state index contributed by atoms with van der Waals surface area (Å²) in [7, 11) is 0. The molecule has 2 saturated heterocycles. The van der Waals surface area contributed by atoms with Gasteiger partial charge in [-0.2, -0.15) is 4.98 Å². The summed E-state index contributed by atoms with van der Waals surface area (Å²) >= 11 is 0. The van der Waals surface area contributed by atoms with Gasteiger partial charge in [-0.15, -0.1) is 0 Å². The van der Waals surface area contributed by atoms with Crippen molar-refractivity contribution in [3.8, 4) is 0 Å². The Hall–Kier alpha value is -0.940. The summed E-state index contributed by atoms with van der Waals surface area (Å²) in [5, 5.41) is 7.40. The van der Waals surface area contributed by atoms with E-state index in [-0.39, 0.29) is 12.1 Å². The van der Waals surface area contributed by atoms with Crippen molar-refractivity contribution in [1.29, 1.82) is 0 Å². The summed E-state index contributed by atoms with van der Waals surface area (Å²) in [4.78, 5) is 4.44. The van der Waals surface area contributed by atoms with E-state index in [9.17, 15) is 0 Å². The summed E-state index contributed by atoms with van der Waals surface area (Å²) < 4.78 is 11.0. The highest BCUT2D eigenvalue weighted by molar-refractivity contribution is 4.99. The van der Waals surface area contributed by atoms with E-state index in [1.54, 1.807) is 0 Å². The average Bonchev–Trinajstić information content (AvgIpc) is 2.97. The molecule has 1 N–H and O–H groups in total. The average molecular weight is 223 g/mol. The van der Waals surface area contributed by atoms with E-state index in [1.165, 1.54) is 6.42 Å². The third-order valence-corrected chi connectivity index (χ3v) is 3.34. The lowest BCUT2D eigenvalue weighted by Gasteiger charge is -2.05. The van der Waals surface area contributed by atoms with E-state index in [0.29, 0.717) is 12.0 Å². The Labute approximate surface area is 94.6 Å². The van der Waals surface area contributed by atoms with E-state index in [1.807, 2.05) is 0 Å². The minimum Gasteiger partial charge on any atom is -0.365 e. The van der Waals surface area contributed by atoms with Crippen molar-refractivity contribution >= 4 is 0 Å². The molecule has 0 amide bonds. The van der Waals surface area contributed by atoms with Crippen LogP contribution in [0.1, 0.15) is 56.5 Å². The van der Waals surface area contributed by atoms with Gasteiger partial charge >= 0.3 is 0 Å². The molecule has 0 bridgehead atoms. The van der Waals surface area contributed by atoms with Crippen molar-refractivity contribution in [2.45, 2.75) is 50.9 Å². The largest absolute Gasteiger partial charge is 0.365 e. The van der Waals surface area contributed by atoms with Gasteiger partial charge in [0.2, 0.25) is 0 Å². The van der Waals surface area contributed by atoms with Crippen LogP contribution in [0.5, 0.6) is 0 Å². The topological polar surface area (TPSA) is 60.2 Å². The Morgan fingerprint density at radius 1 is 1.31 bits per heavy atom. The standard InChI is InChI=1S/C11H17N3O2/c1-7-4-5-9(15-7)11-13-10(14-16-11)8-3-2-6-12-8/h7-9,12H,2-6H2,1H3. The van der Waals surface area contributed by atoms with Crippen molar-refractivity contribution in [2.75, 3.05) is 6.54 Å². The molecule has 5 nitrogen and oxygen atoms in total. The highest BCUT2D eigenvalue weighted by atomic mass is 16.5. The minimum atomic E-state index is 0.0117. The number of ether oxygens (including phenoxy) is 1. The van der Waals surface area contributed by atoms with E-state index in [2.05, 4.69) is 22.4 Å². The molecule has 0 radical (unpaired) electrons. The lowest BCUT2D eigenvalue weighted by Crippen LogP contribution is -2.14. The van der Waals surface area contributed by atoms with Crippen LogP contribution in [0.3, 0.4) is 0 Å². The van der Waals surface area contributed by atoms with Gasteiger partial charge in [0.25, 0.3) is 5.89 Å². The van der Waals surface area contributed by atoms with Crippen molar-refractivity contribution in [1.82, 2.24) is 15.5 Å². The van der Waals surface area contributed by atoms with E-state index in [0.717, 1.165) is 31.6 Å². The Kier molecular flexibility index (Phi) is 2.65. The molecule has 2 fully saturated rings. The smallest absolute Gasteiger partial charge is 0.255 e. The summed E-state index contributed by atoms with van der Waals surface area (Å²) in [5.41, 5.74) is 0. The van der Waals surface area contributed by atoms with Gasteiger partial charge in [0, 0.05) is 0 Å². The molecule has 5 heteroatoms. The fraction of sp³-hybridized carbons (Fsp3) is 0.818. The molecule has 1 aromatic heterocycles. The predicted octanol–water partition coefficient (Wildman–Crippen LogP) is 1.73. The number of nitrogens with one attached hydrogen (secondary N) is 1. The second kappa shape index (κ2) is 4.14. The molecule has 2 aliphatic rings. The fourth-order valence-electron chi connectivity index (χ4n) is 2.41. The van der Waals surface area contributed by atoms with Crippen LogP contribution in [0.15, 0.2) is 4.52 Å². The molecule has 0 aromatic carbocycles. The maximum Gasteiger partial charge on any atom is 0.255 e. The molecule has 3 rings (SSSR count). The Morgan fingerprint density at radius 2 is 2.25 bits per heavy atom. The lowest BCUT2D eigenvalue weighted by molar-refractivity contribution is 0.0355. The molecule has 88 valence electrons. The van der Waals surface area contributed by atoms with Crippen LogP contribution in [-0.4, -0.2) is 22.8 Å². The third kappa shape index (κ3) is 1.85. The quantitative estimate of drug-likeness (QED) is 0.827. The molecule has 1 aromatic rings. The van der Waals surface area contributed by atoms with Gasteiger partial charge < -0.3 is 14.6 Å². The van der Waals surface area contributed by atoms with Crippen molar-refractivity contribution in [2.24, 2.45) is 0 Å². The number of nitrogens with zero attached hydrogens (tertiary/aromatic N) is 2. The van der Waals surface area contributed by atoms with Crippen LogP contribution in [0.25, 0.3) is 0 Å². The van der Waals surface area contributed by atoms with E-state index >= 15 is 0 Å².